The van der Waals surface area contributed by atoms with E-state index in [0.29, 0.717) is 19.1 Å². The summed E-state index contributed by atoms with van der Waals surface area (Å²) in [6, 6.07) is 0. The first-order valence-corrected chi connectivity index (χ1v) is 5.80. The van der Waals surface area contributed by atoms with Crippen molar-refractivity contribution in [3.05, 3.63) is 0 Å². The molecular weight excluding hydrogens is 206 g/mol. The second-order valence-electron chi connectivity index (χ2n) is 5.25. The van der Waals surface area contributed by atoms with E-state index >= 15 is 0 Å². The number of rotatable bonds is 3. The summed E-state index contributed by atoms with van der Waals surface area (Å²) >= 11 is 0. The molecule has 0 aromatic carbocycles. The third-order valence-corrected chi connectivity index (χ3v) is 4.36. The molecule has 1 heterocycles. The van der Waals surface area contributed by atoms with Crippen LogP contribution in [0.3, 0.4) is 0 Å². The van der Waals surface area contributed by atoms with E-state index < -0.39 is 0 Å². The zero-order valence-electron chi connectivity index (χ0n) is 10.6. The van der Waals surface area contributed by atoms with Gasteiger partial charge in [0.05, 0.1) is 23.3 Å². The minimum Gasteiger partial charge on any atom is -0.395 e. The minimum atomic E-state index is -0.141. The summed E-state index contributed by atoms with van der Waals surface area (Å²) in [5, 5.41) is 4.17. The lowest BCUT2D eigenvalue weighted by atomic mass is 9.60. The van der Waals surface area contributed by atoms with Crippen molar-refractivity contribution in [1.29, 1.82) is 0 Å². The predicted octanol–water partition coefficient (Wildman–Crippen LogP) is 1.84. The van der Waals surface area contributed by atoms with Gasteiger partial charge < -0.3 is 14.3 Å². The van der Waals surface area contributed by atoms with Crippen molar-refractivity contribution in [2.24, 2.45) is 16.5 Å². The van der Waals surface area contributed by atoms with E-state index in [2.05, 4.69) is 19.0 Å². The molecule has 1 aliphatic heterocycles. The summed E-state index contributed by atoms with van der Waals surface area (Å²) in [5.41, 5.74) is 1.00. The Bertz CT molecular complexity index is 305. The van der Waals surface area contributed by atoms with Crippen LogP contribution in [0.2, 0.25) is 0 Å². The first-order valence-electron chi connectivity index (χ1n) is 5.80. The van der Waals surface area contributed by atoms with Crippen LogP contribution in [-0.2, 0) is 14.3 Å². The van der Waals surface area contributed by atoms with E-state index in [1.165, 1.54) is 5.71 Å². The molecule has 2 aliphatic rings. The first-order chi connectivity index (χ1) is 7.57. The lowest BCUT2D eigenvalue weighted by molar-refractivity contribution is -0.114. The molecule has 1 saturated carbocycles. The maximum atomic E-state index is 5.73. The second kappa shape index (κ2) is 4.00. The van der Waals surface area contributed by atoms with E-state index in [9.17, 15) is 0 Å². The van der Waals surface area contributed by atoms with Crippen LogP contribution in [0.1, 0.15) is 26.7 Å². The zero-order chi connectivity index (χ0) is 11.8. The predicted molar refractivity (Wildman–Crippen MR) is 61.5 cm³/mol. The molecule has 0 unspecified atom stereocenters. The maximum absolute atomic E-state index is 5.73. The molecule has 4 nitrogen and oxygen atoms in total. The van der Waals surface area contributed by atoms with Gasteiger partial charge in [-0.15, -0.1) is 0 Å². The summed E-state index contributed by atoms with van der Waals surface area (Å²) in [6.45, 7) is 5.70. The van der Waals surface area contributed by atoms with Crippen LogP contribution in [0.15, 0.2) is 5.16 Å². The van der Waals surface area contributed by atoms with Gasteiger partial charge in [-0.2, -0.15) is 0 Å². The van der Waals surface area contributed by atoms with Crippen LogP contribution < -0.4 is 0 Å². The van der Waals surface area contributed by atoms with Gasteiger partial charge in [0.2, 0.25) is 0 Å². The Morgan fingerprint density at radius 3 is 2.81 bits per heavy atom. The Balaban J connectivity index is 2.32. The number of oxime groups is 1. The highest BCUT2D eigenvalue weighted by Gasteiger charge is 2.55. The molecule has 3 atom stereocenters. The lowest BCUT2D eigenvalue weighted by Gasteiger charge is -2.48. The molecule has 4 heteroatoms. The second-order valence-corrected chi connectivity index (χ2v) is 5.25. The average molecular weight is 227 g/mol. The van der Waals surface area contributed by atoms with E-state index in [4.69, 9.17) is 14.3 Å². The monoisotopic (exact) mass is 227 g/mol. The van der Waals surface area contributed by atoms with Gasteiger partial charge in [0.25, 0.3) is 0 Å². The molecule has 1 aliphatic carbocycles. The number of nitrogens with zero attached hydrogens (tertiary/aromatic N) is 1. The Labute approximate surface area is 96.9 Å². The molecule has 16 heavy (non-hydrogen) atoms. The Hall–Kier alpha value is -0.610. The third-order valence-electron chi connectivity index (χ3n) is 4.36. The summed E-state index contributed by atoms with van der Waals surface area (Å²) < 4.78 is 11.1. The minimum absolute atomic E-state index is 0.0288. The fourth-order valence-corrected chi connectivity index (χ4v) is 3.05. The summed E-state index contributed by atoms with van der Waals surface area (Å²) in [7, 11) is 3.52. The molecule has 0 spiro atoms. The van der Waals surface area contributed by atoms with Crippen LogP contribution in [-0.4, -0.2) is 38.7 Å². The van der Waals surface area contributed by atoms with Gasteiger partial charge in [-0.25, -0.2) is 0 Å². The smallest absolute Gasteiger partial charge is 0.128 e. The summed E-state index contributed by atoms with van der Waals surface area (Å²) in [4.78, 5) is 5.29. The third kappa shape index (κ3) is 1.55. The summed E-state index contributed by atoms with van der Waals surface area (Å²) in [5.74, 6) is 0.296. The number of methoxy groups -OCH3 is 2. The Morgan fingerprint density at radius 2 is 2.19 bits per heavy atom. The van der Waals surface area contributed by atoms with Gasteiger partial charge in [0.1, 0.15) is 6.61 Å². The molecule has 0 bridgehead atoms. The molecule has 0 amide bonds. The van der Waals surface area contributed by atoms with Crippen molar-refractivity contribution < 1.29 is 14.3 Å². The molecule has 0 radical (unpaired) electrons. The Morgan fingerprint density at radius 1 is 1.44 bits per heavy atom. The average Bonchev–Trinajstić information content (AvgIpc) is 2.65. The zero-order valence-corrected chi connectivity index (χ0v) is 10.6. The maximum Gasteiger partial charge on any atom is 0.128 e. The molecule has 0 N–H and O–H groups in total. The summed E-state index contributed by atoms with van der Waals surface area (Å²) in [6.07, 6.45) is 1.94. The van der Waals surface area contributed by atoms with Crippen molar-refractivity contribution >= 4 is 5.71 Å². The van der Waals surface area contributed by atoms with Crippen LogP contribution in [0, 0.1) is 11.3 Å². The van der Waals surface area contributed by atoms with E-state index in [0.717, 1.165) is 12.8 Å². The van der Waals surface area contributed by atoms with Gasteiger partial charge >= 0.3 is 0 Å². The largest absolute Gasteiger partial charge is 0.395 e. The van der Waals surface area contributed by atoms with Crippen LogP contribution in [0.5, 0.6) is 0 Å². The standard InChI is InChI=1S/C12H21NO3/c1-11-8-16-13-10(11)5-6-12(2,15-4)9(11)7-14-3/h9H,5-8H2,1-4H3/t9-,11-,12-/m0/s1. The van der Waals surface area contributed by atoms with Crippen LogP contribution >= 0.6 is 0 Å². The number of hydrogen-bond donors (Lipinski definition) is 0. The van der Waals surface area contributed by atoms with Crippen molar-refractivity contribution in [2.45, 2.75) is 32.3 Å². The van der Waals surface area contributed by atoms with Gasteiger partial charge in [-0.3, -0.25) is 0 Å². The van der Waals surface area contributed by atoms with Crippen molar-refractivity contribution in [2.75, 3.05) is 27.4 Å². The topological polar surface area (TPSA) is 40.0 Å². The van der Waals surface area contributed by atoms with Crippen molar-refractivity contribution in [1.82, 2.24) is 0 Å². The van der Waals surface area contributed by atoms with Crippen molar-refractivity contribution in [3.8, 4) is 0 Å². The number of ether oxygens (including phenoxy) is 2. The molecule has 2 rings (SSSR count). The van der Waals surface area contributed by atoms with Gasteiger partial charge in [-0.1, -0.05) is 12.1 Å². The lowest BCUT2D eigenvalue weighted by Crippen LogP contribution is -2.55. The molecular formula is C12H21NO3. The van der Waals surface area contributed by atoms with E-state index in [1.54, 1.807) is 14.2 Å². The Kier molecular flexibility index (Phi) is 2.97. The van der Waals surface area contributed by atoms with Crippen LogP contribution in [0.4, 0.5) is 0 Å². The normalized spacial score (nSPS) is 42.5. The molecule has 92 valence electrons. The van der Waals surface area contributed by atoms with Crippen molar-refractivity contribution in [3.63, 3.8) is 0 Å². The SMILES string of the molecule is COC[C@@H]1[C@@](C)(OC)CCC2=NOC[C@]21C. The highest BCUT2D eigenvalue weighted by molar-refractivity contribution is 5.92. The fourth-order valence-electron chi connectivity index (χ4n) is 3.05. The highest BCUT2D eigenvalue weighted by Crippen LogP contribution is 2.48. The van der Waals surface area contributed by atoms with Gasteiger partial charge in [-0.05, 0) is 19.8 Å². The quantitative estimate of drug-likeness (QED) is 0.738. The number of fused-ring (bicyclic) bond motifs is 1. The van der Waals surface area contributed by atoms with Gasteiger partial charge in [0.15, 0.2) is 0 Å². The fraction of sp³-hybridized carbons (Fsp3) is 0.917. The van der Waals surface area contributed by atoms with E-state index in [-0.39, 0.29) is 11.0 Å². The van der Waals surface area contributed by atoms with Gasteiger partial charge in [0, 0.05) is 20.1 Å². The molecule has 0 aromatic heterocycles. The molecule has 0 saturated heterocycles. The molecule has 0 aromatic rings. The van der Waals surface area contributed by atoms with Crippen LogP contribution in [0.25, 0.3) is 0 Å². The molecule has 1 fully saturated rings. The first kappa shape index (κ1) is 11.9. The number of hydrogen-bond acceptors (Lipinski definition) is 4. The highest BCUT2D eigenvalue weighted by atomic mass is 16.6. The van der Waals surface area contributed by atoms with E-state index in [1.807, 2.05) is 0 Å².